The van der Waals surface area contributed by atoms with Crippen molar-refractivity contribution >= 4 is 21.9 Å². The Morgan fingerprint density at radius 1 is 0.935 bits per heavy atom. The maximum absolute atomic E-state index is 13.8. The molecule has 46 heavy (non-hydrogen) atoms. The lowest BCUT2D eigenvalue weighted by Crippen LogP contribution is -2.45. The average Bonchev–Trinajstić information content (AvgIpc) is 3.50. The third kappa shape index (κ3) is 7.68. The smallest absolute Gasteiger partial charge is 0.243 e. The molecular weight excluding hydrogens is 610 g/mol. The summed E-state index contributed by atoms with van der Waals surface area (Å²) in [7, 11) is 0.707. The number of morpholine rings is 1. The van der Waals surface area contributed by atoms with Gasteiger partial charge in [0.25, 0.3) is 0 Å². The van der Waals surface area contributed by atoms with E-state index in [1.807, 2.05) is 37.3 Å². The molecular formula is C33H39N5O7S. The highest BCUT2D eigenvalue weighted by atomic mass is 32.2. The highest BCUT2D eigenvalue weighted by molar-refractivity contribution is 7.89. The molecule has 1 aliphatic heterocycles. The number of rotatable bonds is 13. The minimum Gasteiger partial charge on any atom is -0.497 e. The normalized spacial score (nSPS) is 13.8. The van der Waals surface area contributed by atoms with E-state index < -0.39 is 22.5 Å². The summed E-state index contributed by atoms with van der Waals surface area (Å²) in [6, 6.07) is 19.3. The molecule has 4 aromatic rings. The molecule has 0 spiro atoms. The Bertz CT molecular complexity index is 1740. The molecule has 1 saturated heterocycles. The van der Waals surface area contributed by atoms with Gasteiger partial charge in [-0.1, -0.05) is 17.7 Å². The third-order valence-electron chi connectivity index (χ3n) is 7.74. The van der Waals surface area contributed by atoms with E-state index in [0.717, 1.165) is 11.1 Å². The van der Waals surface area contributed by atoms with Gasteiger partial charge in [-0.2, -0.15) is 4.31 Å². The molecule has 5 rings (SSSR count). The molecule has 2 heterocycles. The molecule has 1 aliphatic rings. The quantitative estimate of drug-likeness (QED) is 0.230. The number of aryl methyl sites for hydroxylation is 1. The van der Waals surface area contributed by atoms with Crippen LogP contribution in [0.3, 0.4) is 0 Å². The first-order valence-corrected chi connectivity index (χ1v) is 16.3. The van der Waals surface area contributed by atoms with Crippen LogP contribution < -0.4 is 19.5 Å². The molecule has 1 N–H and O–H groups in total. The molecule has 0 radical (unpaired) electrons. The number of benzene rings is 3. The van der Waals surface area contributed by atoms with Crippen molar-refractivity contribution in [3.05, 3.63) is 78.5 Å². The van der Waals surface area contributed by atoms with Gasteiger partial charge >= 0.3 is 0 Å². The number of nitrogens with one attached hydrogen (secondary N) is 1. The first-order chi connectivity index (χ1) is 22.2. The summed E-state index contributed by atoms with van der Waals surface area (Å²) >= 11 is 0. The van der Waals surface area contributed by atoms with Gasteiger partial charge in [-0.25, -0.2) is 13.4 Å². The maximum atomic E-state index is 13.8. The highest BCUT2D eigenvalue weighted by Crippen LogP contribution is 2.32. The third-order valence-corrected chi connectivity index (χ3v) is 9.60. The van der Waals surface area contributed by atoms with E-state index in [0.29, 0.717) is 61.5 Å². The first kappa shape index (κ1) is 32.9. The standard InChI is InChI=1S/C33H39N5O7S/c1-24-5-12-28(13-6-24)46(40,41)37(16-15-36-17-19-45-20-18-36)23-32(39)35-33-34-29(25-7-10-27(42-2)11-8-25)22-38(33)26-9-14-30(43-3)31(21-26)44-4/h5-14,21-22H,15-20,23H2,1-4H3,(H,34,35,39). The van der Waals surface area contributed by atoms with E-state index in [4.69, 9.17) is 23.9 Å². The van der Waals surface area contributed by atoms with Crippen LogP contribution in [0.4, 0.5) is 5.95 Å². The highest BCUT2D eigenvalue weighted by Gasteiger charge is 2.28. The number of imidazole rings is 1. The Balaban J connectivity index is 1.45. The van der Waals surface area contributed by atoms with E-state index in [1.165, 1.54) is 4.31 Å². The van der Waals surface area contributed by atoms with Crippen molar-refractivity contribution in [2.45, 2.75) is 11.8 Å². The SMILES string of the molecule is COc1ccc(-c2cn(-c3ccc(OC)c(OC)c3)c(NC(=O)CN(CCN3CCOCC3)S(=O)(=O)c3ccc(C)cc3)n2)cc1. The molecule has 13 heteroatoms. The summed E-state index contributed by atoms with van der Waals surface area (Å²) in [5, 5.41) is 2.87. The van der Waals surface area contributed by atoms with E-state index in [2.05, 4.69) is 10.2 Å². The second-order valence-corrected chi connectivity index (χ2v) is 12.7. The fraction of sp³-hybridized carbons (Fsp3) is 0.333. The fourth-order valence-electron chi connectivity index (χ4n) is 5.09. The van der Waals surface area contributed by atoms with Gasteiger partial charge in [0, 0.05) is 44.0 Å². The Morgan fingerprint density at radius 3 is 2.28 bits per heavy atom. The van der Waals surface area contributed by atoms with E-state index in [9.17, 15) is 13.2 Å². The number of nitrogens with zero attached hydrogens (tertiary/aromatic N) is 4. The van der Waals surface area contributed by atoms with Crippen LogP contribution in [0.2, 0.25) is 0 Å². The van der Waals surface area contributed by atoms with Crippen LogP contribution in [0, 0.1) is 6.92 Å². The first-order valence-electron chi connectivity index (χ1n) is 14.8. The number of carbonyl (C=O) groups excluding carboxylic acids is 1. The van der Waals surface area contributed by atoms with Crippen molar-refractivity contribution in [3.63, 3.8) is 0 Å². The summed E-state index contributed by atoms with van der Waals surface area (Å²) in [4.78, 5) is 20.7. The summed E-state index contributed by atoms with van der Waals surface area (Å²) < 4.78 is 52.2. The number of ether oxygens (including phenoxy) is 4. The van der Waals surface area contributed by atoms with Gasteiger partial charge in [-0.05, 0) is 55.5 Å². The van der Waals surface area contributed by atoms with Gasteiger partial charge in [0.05, 0.1) is 57.4 Å². The number of amides is 1. The predicted molar refractivity (Wildman–Crippen MR) is 174 cm³/mol. The van der Waals surface area contributed by atoms with Crippen LogP contribution in [-0.4, -0.2) is 100 Å². The van der Waals surface area contributed by atoms with Gasteiger partial charge < -0.3 is 18.9 Å². The molecule has 1 fully saturated rings. The molecule has 0 atom stereocenters. The molecule has 0 aliphatic carbocycles. The van der Waals surface area contributed by atoms with Crippen molar-refractivity contribution in [2.75, 3.05) is 72.6 Å². The van der Waals surface area contributed by atoms with Crippen LogP contribution in [0.1, 0.15) is 5.56 Å². The number of carbonyl (C=O) groups is 1. The Morgan fingerprint density at radius 2 is 1.63 bits per heavy atom. The minimum absolute atomic E-state index is 0.126. The Kier molecular flexibility index (Phi) is 10.6. The Hall–Kier alpha value is -4.43. The van der Waals surface area contributed by atoms with Gasteiger partial charge in [-0.3, -0.25) is 19.6 Å². The van der Waals surface area contributed by atoms with Crippen LogP contribution in [0.25, 0.3) is 16.9 Å². The average molecular weight is 650 g/mol. The van der Waals surface area contributed by atoms with E-state index in [1.54, 1.807) is 68.5 Å². The van der Waals surface area contributed by atoms with Crippen molar-refractivity contribution in [2.24, 2.45) is 0 Å². The molecule has 0 unspecified atom stereocenters. The van der Waals surface area contributed by atoms with Crippen molar-refractivity contribution in [3.8, 4) is 34.2 Å². The second kappa shape index (κ2) is 14.8. The minimum atomic E-state index is -3.98. The molecule has 0 saturated carbocycles. The number of anilines is 1. The topological polar surface area (TPSA) is 124 Å². The lowest BCUT2D eigenvalue weighted by atomic mass is 10.1. The zero-order valence-corrected chi connectivity index (χ0v) is 27.2. The molecule has 3 aromatic carbocycles. The predicted octanol–water partition coefficient (Wildman–Crippen LogP) is 3.84. The molecule has 12 nitrogen and oxygen atoms in total. The van der Waals surface area contributed by atoms with Crippen LogP contribution in [-0.2, 0) is 19.6 Å². The van der Waals surface area contributed by atoms with Gasteiger partial charge in [0.1, 0.15) is 5.75 Å². The second-order valence-electron chi connectivity index (χ2n) is 10.7. The summed E-state index contributed by atoms with van der Waals surface area (Å²) in [6.07, 6.45) is 1.79. The van der Waals surface area contributed by atoms with Crippen molar-refractivity contribution < 1.29 is 32.2 Å². The zero-order chi connectivity index (χ0) is 32.7. The monoisotopic (exact) mass is 649 g/mol. The molecule has 1 aromatic heterocycles. The van der Waals surface area contributed by atoms with Crippen LogP contribution >= 0.6 is 0 Å². The number of sulfonamides is 1. The van der Waals surface area contributed by atoms with Crippen LogP contribution in [0.5, 0.6) is 17.2 Å². The number of methoxy groups -OCH3 is 3. The van der Waals surface area contributed by atoms with Gasteiger partial charge in [-0.15, -0.1) is 0 Å². The van der Waals surface area contributed by atoms with E-state index >= 15 is 0 Å². The number of aromatic nitrogens is 2. The lowest BCUT2D eigenvalue weighted by molar-refractivity contribution is -0.116. The Labute approximate surface area is 269 Å². The molecule has 244 valence electrons. The lowest BCUT2D eigenvalue weighted by Gasteiger charge is -2.29. The number of hydrogen-bond donors (Lipinski definition) is 1. The van der Waals surface area contributed by atoms with Gasteiger partial charge in [0.15, 0.2) is 11.5 Å². The van der Waals surface area contributed by atoms with Crippen molar-refractivity contribution in [1.29, 1.82) is 0 Å². The maximum Gasteiger partial charge on any atom is 0.243 e. The summed E-state index contributed by atoms with van der Waals surface area (Å²) in [5.41, 5.74) is 2.97. The largest absolute Gasteiger partial charge is 0.497 e. The molecule has 0 bridgehead atoms. The van der Waals surface area contributed by atoms with Crippen LogP contribution in [0.15, 0.2) is 77.8 Å². The summed E-state index contributed by atoms with van der Waals surface area (Å²) in [6.45, 7) is 4.64. The zero-order valence-electron chi connectivity index (χ0n) is 26.4. The van der Waals surface area contributed by atoms with E-state index in [-0.39, 0.29) is 17.4 Å². The van der Waals surface area contributed by atoms with Gasteiger partial charge in [0.2, 0.25) is 21.9 Å². The molecule has 1 amide bonds. The number of hydrogen-bond acceptors (Lipinski definition) is 9. The van der Waals surface area contributed by atoms with Crippen molar-refractivity contribution in [1.82, 2.24) is 18.8 Å². The summed E-state index contributed by atoms with van der Waals surface area (Å²) in [5.74, 6) is 1.42. The fourth-order valence-corrected chi connectivity index (χ4v) is 6.47.